The van der Waals surface area contributed by atoms with Crippen molar-refractivity contribution in [2.75, 3.05) is 18.4 Å². The molecule has 0 spiro atoms. The topological polar surface area (TPSA) is 83.5 Å². The molecule has 154 valence electrons. The number of hydrogen-bond donors (Lipinski definition) is 1. The van der Waals surface area contributed by atoms with Gasteiger partial charge in [-0.05, 0) is 50.1 Å². The standard InChI is InChI=1S/C21H23ClN2O4S/c1-15(25)17-8-4-5-9-19(17)23-21(26)16-10-11-18(22)20(14-16)29(27,28)24-12-6-2-3-7-13-24/h4-5,8-11,14H,2-3,6-7,12-13H2,1H3,(H,23,26). The van der Waals surface area contributed by atoms with Crippen molar-refractivity contribution in [3.05, 3.63) is 58.6 Å². The largest absolute Gasteiger partial charge is 0.321 e. The number of para-hydroxylation sites is 1. The normalized spacial score (nSPS) is 15.5. The highest BCUT2D eigenvalue weighted by atomic mass is 35.5. The summed E-state index contributed by atoms with van der Waals surface area (Å²) in [5.41, 5.74) is 0.908. The van der Waals surface area contributed by atoms with Crippen molar-refractivity contribution >= 4 is 39.0 Å². The molecule has 1 aliphatic heterocycles. The second-order valence-electron chi connectivity index (χ2n) is 7.02. The Kier molecular flexibility index (Phi) is 6.72. The van der Waals surface area contributed by atoms with Crippen LogP contribution in [0.15, 0.2) is 47.4 Å². The fourth-order valence-corrected chi connectivity index (χ4v) is 5.37. The molecule has 0 saturated carbocycles. The summed E-state index contributed by atoms with van der Waals surface area (Å²) in [6.07, 6.45) is 3.60. The van der Waals surface area contributed by atoms with Crippen LogP contribution in [0.3, 0.4) is 0 Å². The van der Waals surface area contributed by atoms with Crippen molar-refractivity contribution in [1.82, 2.24) is 4.31 Å². The summed E-state index contributed by atoms with van der Waals surface area (Å²) >= 11 is 6.19. The summed E-state index contributed by atoms with van der Waals surface area (Å²) in [7, 11) is -3.80. The monoisotopic (exact) mass is 434 g/mol. The minimum Gasteiger partial charge on any atom is -0.321 e. The number of carbonyl (C=O) groups is 2. The average Bonchev–Trinajstić information content (AvgIpc) is 2.98. The third-order valence-corrected chi connectivity index (χ3v) is 7.31. The van der Waals surface area contributed by atoms with Gasteiger partial charge in [0, 0.05) is 24.2 Å². The van der Waals surface area contributed by atoms with E-state index >= 15 is 0 Å². The number of benzene rings is 2. The SMILES string of the molecule is CC(=O)c1ccccc1NC(=O)c1ccc(Cl)c(S(=O)(=O)N2CCCCCC2)c1. The van der Waals surface area contributed by atoms with E-state index in [0.29, 0.717) is 24.3 Å². The van der Waals surface area contributed by atoms with Crippen molar-refractivity contribution < 1.29 is 18.0 Å². The van der Waals surface area contributed by atoms with E-state index in [2.05, 4.69) is 5.32 Å². The van der Waals surface area contributed by atoms with E-state index in [9.17, 15) is 18.0 Å². The van der Waals surface area contributed by atoms with E-state index in [4.69, 9.17) is 11.6 Å². The number of ketones is 1. The third-order valence-electron chi connectivity index (χ3n) is 4.93. The van der Waals surface area contributed by atoms with Crippen LogP contribution in [0, 0.1) is 0 Å². The molecule has 0 aromatic heterocycles. The van der Waals surface area contributed by atoms with Crippen molar-refractivity contribution in [1.29, 1.82) is 0 Å². The summed E-state index contributed by atoms with van der Waals surface area (Å²) in [6, 6.07) is 10.8. The van der Waals surface area contributed by atoms with Gasteiger partial charge in [-0.1, -0.05) is 36.6 Å². The van der Waals surface area contributed by atoms with Crippen LogP contribution in [-0.2, 0) is 10.0 Å². The van der Waals surface area contributed by atoms with Gasteiger partial charge in [0.1, 0.15) is 4.90 Å². The highest BCUT2D eigenvalue weighted by Gasteiger charge is 2.28. The van der Waals surface area contributed by atoms with Crippen LogP contribution < -0.4 is 5.32 Å². The van der Waals surface area contributed by atoms with Crippen molar-refractivity contribution in [3.63, 3.8) is 0 Å². The second-order valence-corrected chi connectivity index (χ2v) is 9.33. The molecule has 2 aromatic carbocycles. The Balaban J connectivity index is 1.91. The van der Waals surface area contributed by atoms with Crippen LogP contribution in [0.25, 0.3) is 0 Å². The van der Waals surface area contributed by atoms with Crippen LogP contribution >= 0.6 is 11.6 Å². The van der Waals surface area contributed by atoms with Gasteiger partial charge < -0.3 is 5.32 Å². The Morgan fingerprint density at radius 2 is 1.66 bits per heavy atom. The van der Waals surface area contributed by atoms with Crippen LogP contribution in [0.4, 0.5) is 5.69 Å². The zero-order valence-electron chi connectivity index (χ0n) is 16.2. The van der Waals surface area contributed by atoms with Crippen LogP contribution in [-0.4, -0.2) is 37.5 Å². The molecule has 3 rings (SSSR count). The van der Waals surface area contributed by atoms with Crippen LogP contribution in [0.5, 0.6) is 0 Å². The Bertz CT molecular complexity index is 1030. The van der Waals surface area contributed by atoms with Gasteiger partial charge in [0.05, 0.1) is 10.7 Å². The maximum absolute atomic E-state index is 13.1. The third kappa shape index (κ3) is 4.86. The number of nitrogens with zero attached hydrogens (tertiary/aromatic N) is 1. The highest BCUT2D eigenvalue weighted by Crippen LogP contribution is 2.28. The molecule has 1 N–H and O–H groups in total. The fraction of sp³-hybridized carbons (Fsp3) is 0.333. The number of carbonyl (C=O) groups excluding carboxylic acids is 2. The minimum atomic E-state index is -3.80. The molecule has 0 bridgehead atoms. The van der Waals surface area contributed by atoms with Crippen molar-refractivity contribution in [3.8, 4) is 0 Å². The lowest BCUT2D eigenvalue weighted by molar-refractivity contribution is 0.101. The zero-order chi connectivity index (χ0) is 21.0. The molecule has 8 heteroatoms. The molecular weight excluding hydrogens is 412 g/mol. The molecule has 6 nitrogen and oxygen atoms in total. The van der Waals surface area contributed by atoms with Crippen LogP contribution in [0.2, 0.25) is 5.02 Å². The number of rotatable bonds is 5. The number of Topliss-reactive ketones (excluding diaryl/α,β-unsaturated/α-hetero) is 1. The van der Waals surface area contributed by atoms with Crippen LogP contribution in [0.1, 0.15) is 53.3 Å². The molecule has 1 fully saturated rings. The Labute approximate surface area is 175 Å². The molecule has 0 radical (unpaired) electrons. The highest BCUT2D eigenvalue weighted by molar-refractivity contribution is 7.89. The lowest BCUT2D eigenvalue weighted by Gasteiger charge is -2.21. The Morgan fingerprint density at radius 3 is 2.31 bits per heavy atom. The predicted octanol–water partition coefficient (Wildman–Crippen LogP) is 4.36. The van der Waals surface area contributed by atoms with E-state index in [1.165, 1.54) is 29.4 Å². The predicted molar refractivity (Wildman–Crippen MR) is 113 cm³/mol. The summed E-state index contributed by atoms with van der Waals surface area (Å²) in [6.45, 7) is 2.31. The maximum Gasteiger partial charge on any atom is 0.255 e. The van der Waals surface area contributed by atoms with Crippen molar-refractivity contribution in [2.45, 2.75) is 37.5 Å². The Hall–Kier alpha value is -2.22. The number of sulfonamides is 1. The molecule has 1 heterocycles. The fourth-order valence-electron chi connectivity index (χ4n) is 3.36. The van der Waals surface area contributed by atoms with Gasteiger partial charge in [0.15, 0.2) is 5.78 Å². The first-order valence-corrected chi connectivity index (χ1v) is 11.3. The van der Waals surface area contributed by atoms with Gasteiger partial charge in [0.25, 0.3) is 5.91 Å². The number of hydrogen-bond acceptors (Lipinski definition) is 4. The lowest BCUT2D eigenvalue weighted by atomic mass is 10.1. The summed E-state index contributed by atoms with van der Waals surface area (Å²) in [5, 5.41) is 2.76. The van der Waals surface area contributed by atoms with Gasteiger partial charge in [-0.3, -0.25) is 9.59 Å². The molecule has 0 aliphatic carbocycles. The van der Waals surface area contributed by atoms with E-state index in [1.807, 2.05) is 0 Å². The van der Waals surface area contributed by atoms with Gasteiger partial charge in [-0.2, -0.15) is 4.31 Å². The first-order valence-electron chi connectivity index (χ1n) is 9.52. The summed E-state index contributed by atoms with van der Waals surface area (Å²) in [5.74, 6) is -0.691. The van der Waals surface area contributed by atoms with Crippen molar-refractivity contribution in [2.24, 2.45) is 0 Å². The number of nitrogens with one attached hydrogen (secondary N) is 1. The number of halogens is 1. The van der Waals surface area contributed by atoms with E-state index in [-0.39, 0.29) is 21.3 Å². The summed E-state index contributed by atoms with van der Waals surface area (Å²) < 4.78 is 27.6. The molecular formula is C21H23ClN2O4S. The lowest BCUT2D eigenvalue weighted by Crippen LogP contribution is -2.32. The molecule has 29 heavy (non-hydrogen) atoms. The molecule has 2 aromatic rings. The number of anilines is 1. The molecule has 0 unspecified atom stereocenters. The van der Waals surface area contributed by atoms with Gasteiger partial charge in [-0.25, -0.2) is 8.42 Å². The maximum atomic E-state index is 13.1. The quantitative estimate of drug-likeness (QED) is 0.708. The smallest absolute Gasteiger partial charge is 0.255 e. The molecule has 1 aliphatic rings. The van der Waals surface area contributed by atoms with Gasteiger partial charge >= 0.3 is 0 Å². The van der Waals surface area contributed by atoms with Gasteiger partial charge in [-0.15, -0.1) is 0 Å². The first-order chi connectivity index (χ1) is 13.8. The van der Waals surface area contributed by atoms with E-state index < -0.39 is 15.9 Å². The molecule has 0 atom stereocenters. The molecule has 1 saturated heterocycles. The van der Waals surface area contributed by atoms with E-state index in [0.717, 1.165) is 25.7 Å². The average molecular weight is 435 g/mol. The minimum absolute atomic E-state index is 0.0754. The van der Waals surface area contributed by atoms with E-state index in [1.54, 1.807) is 24.3 Å². The number of amides is 1. The first kappa shape index (κ1) is 21.5. The molecule has 1 amide bonds. The summed E-state index contributed by atoms with van der Waals surface area (Å²) in [4.78, 5) is 24.4. The second kappa shape index (κ2) is 9.07. The zero-order valence-corrected chi connectivity index (χ0v) is 17.7. The van der Waals surface area contributed by atoms with Gasteiger partial charge in [0.2, 0.25) is 10.0 Å². The Morgan fingerprint density at radius 1 is 1.00 bits per heavy atom.